The Hall–Kier alpha value is -3.72. The molecule has 1 aromatic carbocycles. The quantitative estimate of drug-likeness (QED) is 0.646. The Morgan fingerprint density at radius 3 is 2.88 bits per heavy atom. The topological polar surface area (TPSA) is 115 Å². The van der Waals surface area contributed by atoms with Crippen LogP contribution < -0.4 is 20.7 Å². The summed E-state index contributed by atoms with van der Waals surface area (Å²) in [5.41, 5.74) is 10.1. The highest BCUT2D eigenvalue weighted by Crippen LogP contribution is 2.30. The Balaban J connectivity index is 1.42. The molecular weight excluding hydrogens is 408 g/mol. The smallest absolute Gasteiger partial charge is 0.278 e. The van der Waals surface area contributed by atoms with E-state index in [4.69, 9.17) is 15.2 Å². The minimum absolute atomic E-state index is 0.0735. The maximum atomic E-state index is 13.1. The number of aryl methyl sites for hydroxylation is 1. The Bertz CT molecular complexity index is 1150. The normalized spacial score (nSPS) is 15.6. The van der Waals surface area contributed by atoms with Crippen LogP contribution in [0.1, 0.15) is 22.5 Å². The molecule has 0 aliphatic carbocycles. The third-order valence-corrected chi connectivity index (χ3v) is 5.62. The maximum absolute atomic E-state index is 13.1. The summed E-state index contributed by atoms with van der Waals surface area (Å²) in [7, 11) is 0. The maximum Gasteiger partial charge on any atom is 0.278 e. The number of carbonyl (C=O) groups excluding carboxylic acids is 1. The predicted octanol–water partition coefficient (Wildman–Crippen LogP) is 2.53. The third-order valence-electron chi connectivity index (χ3n) is 5.62. The number of rotatable bonds is 4. The summed E-state index contributed by atoms with van der Waals surface area (Å²) >= 11 is 0. The molecule has 1 saturated heterocycles. The lowest BCUT2D eigenvalue weighted by molar-refractivity contribution is 0.102. The average Bonchev–Trinajstić information content (AvgIpc) is 2.85. The molecule has 0 saturated carbocycles. The van der Waals surface area contributed by atoms with Crippen LogP contribution in [0.5, 0.6) is 5.75 Å². The van der Waals surface area contributed by atoms with Gasteiger partial charge in [0.1, 0.15) is 5.75 Å². The van der Waals surface area contributed by atoms with Gasteiger partial charge in [-0.05, 0) is 42.7 Å². The summed E-state index contributed by atoms with van der Waals surface area (Å²) in [6.07, 6.45) is 6.84. The van der Waals surface area contributed by atoms with E-state index in [1.54, 1.807) is 18.6 Å². The molecule has 0 unspecified atom stereocenters. The molecule has 9 heteroatoms. The van der Waals surface area contributed by atoms with Gasteiger partial charge in [-0.15, -0.1) is 0 Å². The number of amides is 1. The van der Waals surface area contributed by atoms with Crippen LogP contribution in [0.2, 0.25) is 0 Å². The average molecular weight is 432 g/mol. The minimum atomic E-state index is -0.430. The third kappa shape index (κ3) is 4.06. The van der Waals surface area contributed by atoms with Gasteiger partial charge >= 0.3 is 0 Å². The number of pyridine rings is 1. The van der Waals surface area contributed by atoms with Crippen molar-refractivity contribution < 1.29 is 14.3 Å². The first-order valence-corrected chi connectivity index (χ1v) is 10.7. The van der Waals surface area contributed by atoms with Crippen LogP contribution >= 0.6 is 0 Å². The number of nitrogens with two attached hydrogens (primary N) is 1. The lowest BCUT2D eigenvalue weighted by Gasteiger charge is -2.30. The molecule has 3 N–H and O–H groups in total. The van der Waals surface area contributed by atoms with Crippen LogP contribution in [0.3, 0.4) is 0 Å². The second kappa shape index (κ2) is 8.80. The molecule has 0 radical (unpaired) electrons. The number of benzene rings is 1. The second-order valence-corrected chi connectivity index (χ2v) is 7.71. The zero-order chi connectivity index (χ0) is 21.9. The highest BCUT2D eigenvalue weighted by molar-refractivity contribution is 6.07. The van der Waals surface area contributed by atoms with Crippen LogP contribution in [0, 0.1) is 0 Å². The highest BCUT2D eigenvalue weighted by Gasteiger charge is 2.20. The summed E-state index contributed by atoms with van der Waals surface area (Å²) in [6.45, 7) is 3.50. The van der Waals surface area contributed by atoms with Crippen molar-refractivity contribution in [1.82, 2.24) is 15.0 Å². The van der Waals surface area contributed by atoms with Crippen molar-refractivity contribution in [3.8, 4) is 17.0 Å². The molecule has 5 rings (SSSR count). The van der Waals surface area contributed by atoms with Crippen molar-refractivity contribution in [2.45, 2.75) is 12.8 Å². The summed E-state index contributed by atoms with van der Waals surface area (Å²) in [5, 5.41) is 2.91. The minimum Gasteiger partial charge on any atom is -0.493 e. The van der Waals surface area contributed by atoms with Gasteiger partial charge in [-0.1, -0.05) is 0 Å². The Morgan fingerprint density at radius 2 is 2.00 bits per heavy atom. The number of nitrogens with one attached hydrogen (secondary N) is 1. The molecule has 164 valence electrons. The summed E-state index contributed by atoms with van der Waals surface area (Å²) in [5.74, 6) is 0.540. The van der Waals surface area contributed by atoms with E-state index >= 15 is 0 Å². The molecule has 2 aliphatic heterocycles. The van der Waals surface area contributed by atoms with Crippen molar-refractivity contribution in [3.05, 3.63) is 54.1 Å². The van der Waals surface area contributed by atoms with Crippen molar-refractivity contribution in [3.63, 3.8) is 0 Å². The Morgan fingerprint density at radius 1 is 1.12 bits per heavy atom. The van der Waals surface area contributed by atoms with Crippen LogP contribution in [-0.2, 0) is 11.2 Å². The van der Waals surface area contributed by atoms with Gasteiger partial charge in [-0.25, -0.2) is 9.97 Å². The Labute approximate surface area is 185 Å². The number of nitrogens with zero attached hydrogens (tertiary/aromatic N) is 4. The van der Waals surface area contributed by atoms with E-state index in [0.29, 0.717) is 24.6 Å². The van der Waals surface area contributed by atoms with Gasteiger partial charge in [0.05, 0.1) is 49.3 Å². The zero-order valence-corrected chi connectivity index (χ0v) is 17.6. The number of carbonyl (C=O) groups is 1. The predicted molar refractivity (Wildman–Crippen MR) is 121 cm³/mol. The number of fused-ring (bicyclic) bond motifs is 1. The number of ether oxygens (including phenoxy) is 2. The van der Waals surface area contributed by atoms with Crippen molar-refractivity contribution in [2.75, 3.05) is 48.9 Å². The van der Waals surface area contributed by atoms with Crippen LogP contribution in [0.15, 0.2) is 42.9 Å². The van der Waals surface area contributed by atoms with Gasteiger partial charge in [-0.2, -0.15) is 0 Å². The number of hydrogen-bond acceptors (Lipinski definition) is 8. The molecule has 3 aromatic rings. The van der Waals surface area contributed by atoms with E-state index in [-0.39, 0.29) is 11.5 Å². The van der Waals surface area contributed by atoms with Crippen molar-refractivity contribution in [2.24, 2.45) is 0 Å². The summed E-state index contributed by atoms with van der Waals surface area (Å²) in [6, 6.07) is 7.77. The molecule has 9 nitrogen and oxygen atoms in total. The van der Waals surface area contributed by atoms with Gasteiger partial charge in [0.2, 0.25) is 0 Å². The van der Waals surface area contributed by atoms with Crippen LogP contribution in [-0.4, -0.2) is 53.8 Å². The van der Waals surface area contributed by atoms with E-state index in [0.717, 1.165) is 55.1 Å². The fraction of sp³-hybridized carbons (Fsp3) is 0.304. The first-order chi connectivity index (χ1) is 15.7. The van der Waals surface area contributed by atoms with E-state index in [2.05, 4.69) is 25.2 Å². The number of aromatic nitrogens is 3. The van der Waals surface area contributed by atoms with E-state index < -0.39 is 5.91 Å². The first kappa shape index (κ1) is 20.2. The molecule has 1 amide bonds. The van der Waals surface area contributed by atoms with E-state index in [1.165, 1.54) is 0 Å². The SMILES string of the molecule is Nc1ncc(-c2ccc3c(c2)CCCO3)nc1C(=O)Nc1cnccc1N1CCOCC1. The molecule has 2 aliphatic rings. The summed E-state index contributed by atoms with van der Waals surface area (Å²) < 4.78 is 11.1. The van der Waals surface area contributed by atoms with Gasteiger partial charge in [0.25, 0.3) is 5.91 Å². The highest BCUT2D eigenvalue weighted by atomic mass is 16.5. The fourth-order valence-electron chi connectivity index (χ4n) is 3.97. The van der Waals surface area contributed by atoms with Crippen LogP contribution in [0.25, 0.3) is 11.3 Å². The van der Waals surface area contributed by atoms with Crippen molar-refractivity contribution in [1.29, 1.82) is 0 Å². The van der Waals surface area contributed by atoms with Crippen molar-refractivity contribution >= 4 is 23.1 Å². The lowest BCUT2D eigenvalue weighted by atomic mass is 10.0. The monoisotopic (exact) mass is 432 g/mol. The zero-order valence-electron chi connectivity index (χ0n) is 17.6. The van der Waals surface area contributed by atoms with Gasteiger partial charge in [0.15, 0.2) is 11.5 Å². The number of anilines is 3. The molecule has 0 atom stereocenters. The van der Waals surface area contributed by atoms with E-state index in [9.17, 15) is 4.79 Å². The first-order valence-electron chi connectivity index (χ1n) is 10.7. The fourth-order valence-corrected chi connectivity index (χ4v) is 3.97. The number of nitrogen functional groups attached to an aromatic ring is 1. The molecule has 32 heavy (non-hydrogen) atoms. The van der Waals surface area contributed by atoms with Crippen LogP contribution in [0.4, 0.5) is 17.2 Å². The molecule has 0 bridgehead atoms. The second-order valence-electron chi connectivity index (χ2n) is 7.71. The standard InChI is InChI=1S/C23H24N6O3/c24-22-21(23(30)28-18-13-25-6-5-19(18)29-7-10-31-11-8-29)27-17(14-26-22)15-3-4-20-16(12-15)2-1-9-32-20/h3-6,12-14H,1-2,7-11H2,(H2,24,26)(H,28,30). The molecule has 1 fully saturated rings. The van der Waals surface area contributed by atoms with Gasteiger partial charge in [0, 0.05) is 24.8 Å². The molecule has 2 aromatic heterocycles. The lowest BCUT2D eigenvalue weighted by Crippen LogP contribution is -2.36. The number of hydrogen-bond donors (Lipinski definition) is 2. The van der Waals surface area contributed by atoms with E-state index in [1.807, 2.05) is 24.3 Å². The largest absolute Gasteiger partial charge is 0.493 e. The molecule has 4 heterocycles. The summed E-state index contributed by atoms with van der Waals surface area (Å²) in [4.78, 5) is 28.2. The molecular formula is C23H24N6O3. The van der Waals surface area contributed by atoms with Gasteiger partial charge in [-0.3, -0.25) is 9.78 Å². The number of morpholine rings is 1. The van der Waals surface area contributed by atoms with Gasteiger partial charge < -0.3 is 25.4 Å². The Kier molecular flexibility index (Phi) is 5.55. The molecule has 0 spiro atoms.